The largest absolute Gasteiger partial charge is 0.274 e. The Hall–Kier alpha value is -1.89. The molecule has 1 aliphatic carbocycles. The molecule has 1 aliphatic rings. The minimum Gasteiger partial charge on any atom is -0.274 e. The lowest BCUT2D eigenvalue weighted by Crippen LogP contribution is -2.32. The number of hydrogen-bond donors (Lipinski definition) is 1. The number of sulfonamides is 1. The van der Waals surface area contributed by atoms with Crippen molar-refractivity contribution in [2.24, 2.45) is 13.0 Å². The quantitative estimate of drug-likeness (QED) is 0.900. The summed E-state index contributed by atoms with van der Waals surface area (Å²) in [5, 5.41) is 4.76. The molecule has 1 amide bonds. The van der Waals surface area contributed by atoms with Crippen molar-refractivity contribution in [2.75, 3.05) is 0 Å². The molecule has 1 aromatic carbocycles. The van der Waals surface area contributed by atoms with Crippen molar-refractivity contribution in [3.05, 3.63) is 24.4 Å². The van der Waals surface area contributed by atoms with Crippen LogP contribution in [0.2, 0.25) is 0 Å². The zero-order chi connectivity index (χ0) is 13.6. The molecule has 0 bridgehead atoms. The van der Waals surface area contributed by atoms with Crippen molar-refractivity contribution < 1.29 is 13.2 Å². The second-order valence-corrected chi connectivity index (χ2v) is 6.36. The van der Waals surface area contributed by atoms with E-state index >= 15 is 0 Å². The number of carbonyl (C=O) groups is 1. The topological polar surface area (TPSA) is 81.1 Å². The third kappa shape index (κ3) is 2.10. The van der Waals surface area contributed by atoms with Crippen molar-refractivity contribution >= 4 is 26.8 Å². The minimum absolute atomic E-state index is 0.0824. The molecule has 19 heavy (non-hydrogen) atoms. The Bertz CT molecular complexity index is 760. The van der Waals surface area contributed by atoms with Gasteiger partial charge in [0.25, 0.3) is 10.0 Å². The zero-order valence-corrected chi connectivity index (χ0v) is 11.1. The van der Waals surface area contributed by atoms with Gasteiger partial charge in [-0.05, 0) is 18.9 Å². The number of aryl methyl sites for hydroxylation is 1. The molecule has 0 spiro atoms. The summed E-state index contributed by atoms with van der Waals surface area (Å²) >= 11 is 0. The number of benzene rings is 1. The average molecular weight is 279 g/mol. The molecule has 1 aromatic heterocycles. The zero-order valence-electron chi connectivity index (χ0n) is 10.3. The van der Waals surface area contributed by atoms with E-state index in [0.717, 1.165) is 18.2 Å². The normalized spacial score (nSPS) is 15.6. The van der Waals surface area contributed by atoms with Gasteiger partial charge in [-0.3, -0.25) is 9.48 Å². The molecule has 0 atom stereocenters. The van der Waals surface area contributed by atoms with Gasteiger partial charge in [0.15, 0.2) is 0 Å². The van der Waals surface area contributed by atoms with E-state index in [9.17, 15) is 13.2 Å². The number of amides is 1. The Morgan fingerprint density at radius 3 is 2.84 bits per heavy atom. The van der Waals surface area contributed by atoms with Gasteiger partial charge in [0.2, 0.25) is 5.91 Å². The van der Waals surface area contributed by atoms with E-state index in [4.69, 9.17) is 0 Å². The molecule has 1 heterocycles. The van der Waals surface area contributed by atoms with E-state index in [1.54, 1.807) is 25.4 Å². The number of rotatable bonds is 3. The van der Waals surface area contributed by atoms with Crippen molar-refractivity contribution in [2.45, 2.75) is 17.7 Å². The molecule has 100 valence electrons. The number of hydrogen-bond acceptors (Lipinski definition) is 4. The molecular weight excluding hydrogens is 266 g/mol. The first-order valence-corrected chi connectivity index (χ1v) is 7.45. The van der Waals surface area contributed by atoms with Crippen molar-refractivity contribution in [1.29, 1.82) is 0 Å². The maximum atomic E-state index is 12.3. The van der Waals surface area contributed by atoms with Crippen LogP contribution in [-0.2, 0) is 21.9 Å². The highest BCUT2D eigenvalue weighted by Gasteiger charge is 2.33. The van der Waals surface area contributed by atoms with Gasteiger partial charge in [-0.25, -0.2) is 13.1 Å². The van der Waals surface area contributed by atoms with Crippen LogP contribution in [0.5, 0.6) is 0 Å². The summed E-state index contributed by atoms with van der Waals surface area (Å²) in [6.07, 6.45) is 3.12. The predicted molar refractivity (Wildman–Crippen MR) is 68.8 cm³/mol. The van der Waals surface area contributed by atoms with Gasteiger partial charge in [0, 0.05) is 18.4 Å². The molecule has 3 rings (SSSR count). The number of fused-ring (bicyclic) bond motifs is 1. The van der Waals surface area contributed by atoms with Gasteiger partial charge in [0.05, 0.1) is 11.7 Å². The van der Waals surface area contributed by atoms with Crippen LogP contribution in [0.3, 0.4) is 0 Å². The van der Waals surface area contributed by atoms with E-state index < -0.39 is 15.9 Å². The van der Waals surface area contributed by atoms with Gasteiger partial charge >= 0.3 is 0 Å². The first kappa shape index (κ1) is 12.2. The van der Waals surface area contributed by atoms with Gasteiger partial charge in [-0.15, -0.1) is 0 Å². The number of nitrogens with zero attached hydrogens (tertiary/aromatic N) is 2. The highest BCUT2D eigenvalue weighted by atomic mass is 32.2. The first-order valence-electron chi connectivity index (χ1n) is 5.96. The van der Waals surface area contributed by atoms with Crippen LogP contribution in [-0.4, -0.2) is 24.1 Å². The maximum absolute atomic E-state index is 12.3. The Morgan fingerprint density at radius 1 is 1.42 bits per heavy atom. The predicted octanol–water partition coefficient (Wildman–Crippen LogP) is 0.788. The van der Waals surface area contributed by atoms with Gasteiger partial charge in [-0.1, -0.05) is 12.1 Å². The van der Waals surface area contributed by atoms with Crippen LogP contribution < -0.4 is 4.72 Å². The van der Waals surface area contributed by atoms with Crippen LogP contribution in [0, 0.1) is 5.92 Å². The molecule has 6 nitrogen and oxygen atoms in total. The van der Waals surface area contributed by atoms with Crippen molar-refractivity contribution in [3.8, 4) is 0 Å². The summed E-state index contributed by atoms with van der Waals surface area (Å²) in [5.41, 5.74) is 0.499. The Labute approximate surface area is 110 Å². The first-order chi connectivity index (χ1) is 8.99. The number of carbonyl (C=O) groups excluding carboxylic acids is 1. The van der Waals surface area contributed by atoms with Crippen LogP contribution in [0.15, 0.2) is 29.3 Å². The third-order valence-corrected chi connectivity index (χ3v) is 4.57. The highest BCUT2D eigenvalue weighted by molar-refractivity contribution is 7.90. The Morgan fingerprint density at radius 2 is 2.16 bits per heavy atom. The summed E-state index contributed by atoms with van der Waals surface area (Å²) in [7, 11) is -2.17. The molecular formula is C12H13N3O3S. The number of aromatic nitrogens is 2. The van der Waals surface area contributed by atoms with Crippen molar-refractivity contribution in [3.63, 3.8) is 0 Å². The van der Waals surface area contributed by atoms with E-state index in [-0.39, 0.29) is 10.8 Å². The summed E-state index contributed by atoms with van der Waals surface area (Å²) < 4.78 is 28.2. The van der Waals surface area contributed by atoms with Crippen LogP contribution >= 0.6 is 0 Å². The van der Waals surface area contributed by atoms with E-state index in [2.05, 4.69) is 9.82 Å². The molecule has 0 saturated heterocycles. The molecule has 0 unspecified atom stereocenters. The van der Waals surface area contributed by atoms with E-state index in [1.807, 2.05) is 0 Å². The average Bonchev–Trinajstić information content (AvgIpc) is 3.14. The summed E-state index contributed by atoms with van der Waals surface area (Å²) in [6, 6.07) is 4.90. The third-order valence-electron chi connectivity index (χ3n) is 3.20. The maximum Gasteiger partial charge on any atom is 0.266 e. The van der Waals surface area contributed by atoms with Gasteiger partial charge in [-0.2, -0.15) is 5.10 Å². The molecule has 1 fully saturated rings. The fourth-order valence-electron chi connectivity index (χ4n) is 2.03. The lowest BCUT2D eigenvalue weighted by Gasteiger charge is -2.08. The summed E-state index contributed by atoms with van der Waals surface area (Å²) in [5.74, 6) is -0.570. The summed E-state index contributed by atoms with van der Waals surface area (Å²) in [6.45, 7) is 0. The number of nitrogens with one attached hydrogen (secondary N) is 1. The van der Waals surface area contributed by atoms with E-state index in [1.165, 1.54) is 10.7 Å². The second-order valence-electron chi connectivity index (χ2n) is 4.71. The molecule has 1 N–H and O–H groups in total. The number of para-hydroxylation sites is 1. The smallest absolute Gasteiger partial charge is 0.266 e. The Balaban J connectivity index is 2.07. The lowest BCUT2D eigenvalue weighted by molar-refractivity contribution is -0.120. The van der Waals surface area contributed by atoms with Crippen LogP contribution in [0.25, 0.3) is 10.9 Å². The van der Waals surface area contributed by atoms with Crippen LogP contribution in [0.4, 0.5) is 0 Å². The standard InChI is InChI=1S/C12H13N3O3S/c1-15-11-9(7-13-15)3-2-4-10(11)19(17,18)14-12(16)8-5-6-8/h2-4,7-8H,5-6H2,1H3,(H,14,16). The summed E-state index contributed by atoms with van der Waals surface area (Å²) in [4.78, 5) is 11.7. The molecule has 0 aliphatic heterocycles. The van der Waals surface area contributed by atoms with Crippen LogP contribution in [0.1, 0.15) is 12.8 Å². The lowest BCUT2D eigenvalue weighted by atomic mass is 10.2. The molecule has 0 radical (unpaired) electrons. The molecule has 7 heteroatoms. The fourth-order valence-corrected chi connectivity index (χ4v) is 3.33. The second kappa shape index (κ2) is 4.06. The van der Waals surface area contributed by atoms with Crippen molar-refractivity contribution in [1.82, 2.24) is 14.5 Å². The molecule has 1 saturated carbocycles. The monoisotopic (exact) mass is 279 g/mol. The Kier molecular flexibility index (Phi) is 2.60. The van der Waals surface area contributed by atoms with E-state index in [0.29, 0.717) is 5.52 Å². The fraction of sp³-hybridized carbons (Fsp3) is 0.333. The van der Waals surface area contributed by atoms with Gasteiger partial charge < -0.3 is 0 Å². The minimum atomic E-state index is -3.84. The molecule has 2 aromatic rings. The highest BCUT2D eigenvalue weighted by Crippen LogP contribution is 2.30. The SMILES string of the molecule is Cn1ncc2cccc(S(=O)(=O)NC(=O)C3CC3)c21. The van der Waals surface area contributed by atoms with Gasteiger partial charge in [0.1, 0.15) is 4.90 Å².